The zero-order chi connectivity index (χ0) is 18.4. The molecular formula is C18H16N4O3S. The number of carbonyl (C=O) groups excluding carboxylic acids is 1. The maximum atomic E-state index is 12.7. The van der Waals surface area contributed by atoms with E-state index in [9.17, 15) is 9.59 Å². The molecule has 132 valence electrons. The molecule has 0 saturated heterocycles. The largest absolute Gasteiger partial charge is 0.441 e. The number of amides is 1. The van der Waals surface area contributed by atoms with Gasteiger partial charge in [0.05, 0.1) is 11.7 Å². The number of nitrogens with one attached hydrogen (secondary N) is 1. The smallest absolute Gasteiger partial charge is 0.262 e. The Balaban J connectivity index is 1.59. The second kappa shape index (κ2) is 6.06. The van der Waals surface area contributed by atoms with Crippen LogP contribution in [0.25, 0.3) is 21.3 Å². The summed E-state index contributed by atoms with van der Waals surface area (Å²) in [5, 5.41) is 3.37. The van der Waals surface area contributed by atoms with Crippen molar-refractivity contribution < 1.29 is 9.21 Å². The van der Waals surface area contributed by atoms with Gasteiger partial charge in [0.1, 0.15) is 16.9 Å². The highest BCUT2D eigenvalue weighted by atomic mass is 32.1. The van der Waals surface area contributed by atoms with Crippen LogP contribution in [-0.4, -0.2) is 20.4 Å². The summed E-state index contributed by atoms with van der Waals surface area (Å²) in [7, 11) is 0. The van der Waals surface area contributed by atoms with Gasteiger partial charge in [-0.05, 0) is 37.6 Å². The number of aromatic nitrogens is 3. The summed E-state index contributed by atoms with van der Waals surface area (Å²) in [5.41, 5.74) is 2.65. The van der Waals surface area contributed by atoms with Crippen LogP contribution in [0, 0.1) is 20.8 Å². The Morgan fingerprint density at radius 3 is 2.92 bits per heavy atom. The second-order valence-electron chi connectivity index (χ2n) is 6.10. The third-order valence-corrected chi connectivity index (χ3v) is 5.36. The van der Waals surface area contributed by atoms with Crippen molar-refractivity contribution in [3.8, 4) is 0 Å². The van der Waals surface area contributed by atoms with Crippen LogP contribution < -0.4 is 10.9 Å². The third-order valence-electron chi connectivity index (χ3n) is 4.25. The molecule has 0 aliphatic rings. The Kier molecular flexibility index (Phi) is 3.84. The Morgan fingerprint density at radius 2 is 2.12 bits per heavy atom. The van der Waals surface area contributed by atoms with E-state index in [0.29, 0.717) is 32.9 Å². The minimum absolute atomic E-state index is 0.105. The third kappa shape index (κ3) is 2.78. The highest BCUT2D eigenvalue weighted by Crippen LogP contribution is 2.25. The molecule has 0 bridgehead atoms. The molecule has 4 rings (SSSR count). The molecule has 1 amide bonds. The van der Waals surface area contributed by atoms with Crippen molar-refractivity contribution in [2.45, 2.75) is 27.3 Å². The van der Waals surface area contributed by atoms with Crippen LogP contribution in [0.5, 0.6) is 0 Å². The quantitative estimate of drug-likeness (QED) is 0.600. The number of oxazole rings is 1. The lowest BCUT2D eigenvalue weighted by Gasteiger charge is -2.07. The summed E-state index contributed by atoms with van der Waals surface area (Å²) >= 11 is 1.49. The molecule has 3 heterocycles. The first kappa shape index (κ1) is 16.5. The first-order chi connectivity index (χ1) is 12.4. The minimum atomic E-state index is -0.308. The molecule has 7 nitrogen and oxygen atoms in total. The van der Waals surface area contributed by atoms with E-state index < -0.39 is 0 Å². The number of carbonyl (C=O) groups is 1. The number of hydrogen-bond acceptors (Lipinski definition) is 6. The number of rotatable bonds is 3. The molecular weight excluding hydrogens is 352 g/mol. The van der Waals surface area contributed by atoms with Crippen molar-refractivity contribution in [1.29, 1.82) is 0 Å². The number of benzene rings is 1. The van der Waals surface area contributed by atoms with Crippen molar-refractivity contribution >= 4 is 44.2 Å². The van der Waals surface area contributed by atoms with Gasteiger partial charge in [-0.25, -0.2) is 9.97 Å². The molecule has 0 spiro atoms. The normalized spacial score (nSPS) is 11.3. The van der Waals surface area contributed by atoms with Gasteiger partial charge >= 0.3 is 0 Å². The Labute approximate surface area is 152 Å². The van der Waals surface area contributed by atoms with Crippen LogP contribution in [0.1, 0.15) is 16.3 Å². The van der Waals surface area contributed by atoms with E-state index in [0.717, 1.165) is 10.4 Å². The number of hydrogen-bond donors (Lipinski definition) is 1. The number of nitrogens with zero attached hydrogens (tertiary/aromatic N) is 3. The lowest BCUT2D eigenvalue weighted by molar-refractivity contribution is -0.116. The molecule has 4 aromatic rings. The predicted octanol–water partition coefficient (Wildman–Crippen LogP) is 3.16. The number of aryl methyl sites for hydroxylation is 3. The molecule has 0 unspecified atom stereocenters. The maximum Gasteiger partial charge on any atom is 0.262 e. The van der Waals surface area contributed by atoms with Gasteiger partial charge in [0.15, 0.2) is 11.5 Å². The standard InChI is InChI=1S/C18H16N4O3S/c1-9-10(2)26-17-16(9)18(24)22(8-19-17)7-15(23)21-12-4-5-14-13(6-12)20-11(3)25-14/h4-6,8H,7H2,1-3H3,(H,21,23). The molecule has 0 aliphatic carbocycles. The fraction of sp³-hybridized carbons (Fsp3) is 0.222. The van der Waals surface area contributed by atoms with E-state index in [1.54, 1.807) is 25.1 Å². The van der Waals surface area contributed by atoms with Crippen LogP contribution >= 0.6 is 11.3 Å². The summed E-state index contributed by atoms with van der Waals surface area (Å²) in [6.45, 7) is 5.52. The average molecular weight is 368 g/mol. The summed E-state index contributed by atoms with van der Waals surface area (Å²) in [6.07, 6.45) is 1.42. The molecule has 3 aromatic heterocycles. The van der Waals surface area contributed by atoms with Gasteiger partial charge in [-0.2, -0.15) is 0 Å². The van der Waals surface area contributed by atoms with Gasteiger partial charge in [-0.1, -0.05) is 0 Å². The number of fused-ring (bicyclic) bond motifs is 2. The summed E-state index contributed by atoms with van der Waals surface area (Å²) < 4.78 is 6.75. The molecule has 26 heavy (non-hydrogen) atoms. The highest BCUT2D eigenvalue weighted by Gasteiger charge is 2.14. The zero-order valence-corrected chi connectivity index (χ0v) is 15.3. The highest BCUT2D eigenvalue weighted by molar-refractivity contribution is 7.18. The van der Waals surface area contributed by atoms with E-state index >= 15 is 0 Å². The predicted molar refractivity (Wildman–Crippen MR) is 101 cm³/mol. The van der Waals surface area contributed by atoms with E-state index in [-0.39, 0.29) is 18.0 Å². The summed E-state index contributed by atoms with van der Waals surface area (Å²) in [6, 6.07) is 5.23. The first-order valence-corrected chi connectivity index (χ1v) is 8.86. The number of anilines is 1. The Morgan fingerprint density at radius 1 is 1.31 bits per heavy atom. The lowest BCUT2D eigenvalue weighted by Crippen LogP contribution is -2.27. The minimum Gasteiger partial charge on any atom is -0.441 e. The molecule has 8 heteroatoms. The Hall–Kier alpha value is -3.00. The van der Waals surface area contributed by atoms with Crippen molar-refractivity contribution in [1.82, 2.24) is 14.5 Å². The fourth-order valence-corrected chi connectivity index (χ4v) is 3.85. The molecule has 0 fully saturated rings. The Bertz CT molecular complexity index is 1220. The van der Waals surface area contributed by atoms with E-state index in [2.05, 4.69) is 15.3 Å². The molecule has 0 saturated carbocycles. The van der Waals surface area contributed by atoms with Crippen LogP contribution in [0.4, 0.5) is 5.69 Å². The van der Waals surface area contributed by atoms with Crippen molar-refractivity contribution in [3.05, 3.63) is 51.2 Å². The van der Waals surface area contributed by atoms with Gasteiger partial charge in [-0.15, -0.1) is 11.3 Å². The van der Waals surface area contributed by atoms with Crippen LogP contribution in [-0.2, 0) is 11.3 Å². The van der Waals surface area contributed by atoms with E-state index in [4.69, 9.17) is 4.42 Å². The van der Waals surface area contributed by atoms with Gasteiger partial charge in [0.2, 0.25) is 5.91 Å². The molecule has 0 atom stereocenters. The molecule has 0 aliphatic heterocycles. The SMILES string of the molecule is Cc1nc2cc(NC(=O)Cn3cnc4sc(C)c(C)c4c3=O)ccc2o1. The van der Waals surface area contributed by atoms with E-state index in [1.165, 1.54) is 22.2 Å². The summed E-state index contributed by atoms with van der Waals surface area (Å²) in [5.74, 6) is 0.258. The zero-order valence-electron chi connectivity index (χ0n) is 14.5. The molecule has 1 N–H and O–H groups in total. The van der Waals surface area contributed by atoms with E-state index in [1.807, 2.05) is 13.8 Å². The summed E-state index contributed by atoms with van der Waals surface area (Å²) in [4.78, 5) is 35.3. The fourth-order valence-electron chi connectivity index (χ4n) is 2.86. The van der Waals surface area contributed by atoms with Crippen molar-refractivity contribution in [3.63, 3.8) is 0 Å². The second-order valence-corrected chi connectivity index (χ2v) is 7.31. The van der Waals surface area contributed by atoms with Gasteiger partial charge in [-0.3, -0.25) is 14.2 Å². The molecule has 1 aromatic carbocycles. The van der Waals surface area contributed by atoms with Gasteiger partial charge in [0.25, 0.3) is 5.56 Å². The maximum absolute atomic E-state index is 12.7. The lowest BCUT2D eigenvalue weighted by atomic mass is 10.2. The van der Waals surface area contributed by atoms with Gasteiger partial charge in [0, 0.05) is 17.5 Å². The monoisotopic (exact) mass is 368 g/mol. The van der Waals surface area contributed by atoms with Crippen molar-refractivity contribution in [2.24, 2.45) is 0 Å². The average Bonchev–Trinajstić information content (AvgIpc) is 3.09. The first-order valence-electron chi connectivity index (χ1n) is 8.04. The number of thiophene rings is 1. The van der Waals surface area contributed by atoms with Crippen LogP contribution in [0.15, 0.2) is 33.7 Å². The van der Waals surface area contributed by atoms with Gasteiger partial charge < -0.3 is 9.73 Å². The van der Waals surface area contributed by atoms with Crippen LogP contribution in [0.3, 0.4) is 0 Å². The van der Waals surface area contributed by atoms with Crippen LogP contribution in [0.2, 0.25) is 0 Å². The van der Waals surface area contributed by atoms with Crippen molar-refractivity contribution in [2.75, 3.05) is 5.32 Å². The molecule has 0 radical (unpaired) electrons. The topological polar surface area (TPSA) is 90.0 Å².